The summed E-state index contributed by atoms with van der Waals surface area (Å²) in [5.41, 5.74) is 1.03. The molecule has 0 radical (unpaired) electrons. The summed E-state index contributed by atoms with van der Waals surface area (Å²) in [5, 5.41) is 5.20. The second-order valence-corrected chi connectivity index (χ2v) is 6.17. The maximum Gasteiger partial charge on any atom is 0.416 e. The molecular formula is C18H15F3N2O2S. The van der Waals surface area contributed by atoms with E-state index in [1.807, 2.05) is 6.07 Å². The number of ether oxygens (including phenoxy) is 2. The van der Waals surface area contributed by atoms with Gasteiger partial charge in [-0.05, 0) is 30.3 Å². The van der Waals surface area contributed by atoms with E-state index in [1.165, 1.54) is 17.4 Å². The minimum absolute atomic E-state index is 0.322. The van der Waals surface area contributed by atoms with E-state index in [-0.39, 0.29) is 0 Å². The molecule has 136 valence electrons. The highest BCUT2D eigenvalue weighted by molar-refractivity contribution is 7.14. The maximum atomic E-state index is 12.8. The molecule has 0 fully saturated rings. The molecular weight excluding hydrogens is 365 g/mol. The molecule has 0 atom stereocenters. The van der Waals surface area contributed by atoms with Gasteiger partial charge in [0.05, 0.1) is 25.5 Å². The smallest absolute Gasteiger partial charge is 0.416 e. The molecule has 4 nitrogen and oxygen atoms in total. The molecule has 3 aromatic rings. The topological polar surface area (TPSA) is 43.4 Å². The fourth-order valence-corrected chi connectivity index (χ4v) is 3.09. The second-order valence-electron chi connectivity index (χ2n) is 5.31. The highest BCUT2D eigenvalue weighted by atomic mass is 32.1. The molecule has 0 bridgehead atoms. The molecule has 0 aliphatic heterocycles. The van der Waals surface area contributed by atoms with Crippen molar-refractivity contribution >= 4 is 22.2 Å². The van der Waals surface area contributed by atoms with Crippen LogP contribution in [0.5, 0.6) is 11.5 Å². The summed E-state index contributed by atoms with van der Waals surface area (Å²) in [4.78, 5) is 4.44. The van der Waals surface area contributed by atoms with Crippen LogP contribution < -0.4 is 14.8 Å². The van der Waals surface area contributed by atoms with E-state index in [2.05, 4.69) is 10.3 Å². The average molecular weight is 380 g/mol. The highest BCUT2D eigenvalue weighted by Crippen LogP contribution is 2.36. The van der Waals surface area contributed by atoms with Gasteiger partial charge in [0.2, 0.25) is 0 Å². The quantitative estimate of drug-likeness (QED) is 0.627. The zero-order valence-corrected chi connectivity index (χ0v) is 14.7. The summed E-state index contributed by atoms with van der Waals surface area (Å²) >= 11 is 1.29. The molecule has 0 saturated heterocycles. The Balaban J connectivity index is 1.85. The van der Waals surface area contributed by atoms with Crippen LogP contribution in [-0.2, 0) is 6.18 Å². The lowest BCUT2D eigenvalue weighted by molar-refractivity contribution is -0.137. The van der Waals surface area contributed by atoms with Crippen molar-refractivity contribution in [3.8, 4) is 22.8 Å². The van der Waals surface area contributed by atoms with Gasteiger partial charge in [-0.1, -0.05) is 6.07 Å². The van der Waals surface area contributed by atoms with Gasteiger partial charge in [-0.3, -0.25) is 0 Å². The largest absolute Gasteiger partial charge is 0.497 e. The van der Waals surface area contributed by atoms with E-state index in [0.29, 0.717) is 28.0 Å². The van der Waals surface area contributed by atoms with Crippen LogP contribution in [0.3, 0.4) is 0 Å². The Morgan fingerprint density at radius 1 is 1.04 bits per heavy atom. The number of methoxy groups -OCH3 is 2. The number of nitrogens with one attached hydrogen (secondary N) is 1. The minimum Gasteiger partial charge on any atom is -0.497 e. The first-order valence-corrected chi connectivity index (χ1v) is 8.41. The van der Waals surface area contributed by atoms with Gasteiger partial charge < -0.3 is 14.8 Å². The number of benzene rings is 2. The summed E-state index contributed by atoms with van der Waals surface area (Å²) in [6.45, 7) is 0. The van der Waals surface area contributed by atoms with Crippen LogP contribution in [-0.4, -0.2) is 19.2 Å². The van der Waals surface area contributed by atoms with E-state index < -0.39 is 11.7 Å². The number of rotatable bonds is 5. The Bertz CT molecular complexity index is 909. The van der Waals surface area contributed by atoms with Crippen LogP contribution in [0.1, 0.15) is 5.56 Å². The van der Waals surface area contributed by atoms with Gasteiger partial charge in [0.15, 0.2) is 5.13 Å². The standard InChI is InChI=1S/C18H15F3N2O2S/c1-24-13-6-7-14(16(9-13)25-2)15-10-26-17(23-15)22-12-5-3-4-11(8-12)18(19,20)21/h3-10H,1-2H3,(H,22,23). The van der Waals surface area contributed by atoms with Gasteiger partial charge in [-0.2, -0.15) is 13.2 Å². The predicted molar refractivity (Wildman–Crippen MR) is 95.4 cm³/mol. The van der Waals surface area contributed by atoms with Gasteiger partial charge in [0.25, 0.3) is 0 Å². The third-order valence-electron chi connectivity index (χ3n) is 3.63. The van der Waals surface area contributed by atoms with Crippen molar-refractivity contribution in [1.82, 2.24) is 4.98 Å². The molecule has 1 heterocycles. The average Bonchev–Trinajstić information content (AvgIpc) is 3.08. The van der Waals surface area contributed by atoms with Crippen molar-refractivity contribution in [3.63, 3.8) is 0 Å². The lowest BCUT2D eigenvalue weighted by atomic mass is 10.1. The van der Waals surface area contributed by atoms with E-state index >= 15 is 0 Å². The number of halogens is 3. The Morgan fingerprint density at radius 2 is 1.85 bits per heavy atom. The molecule has 0 aliphatic carbocycles. The molecule has 2 aromatic carbocycles. The summed E-state index contributed by atoms with van der Waals surface area (Å²) in [6, 6.07) is 10.3. The number of alkyl halides is 3. The molecule has 1 aromatic heterocycles. The third-order valence-corrected chi connectivity index (χ3v) is 4.39. The summed E-state index contributed by atoms with van der Waals surface area (Å²) in [7, 11) is 3.11. The van der Waals surface area contributed by atoms with Crippen LogP contribution in [0, 0.1) is 0 Å². The second kappa shape index (κ2) is 7.25. The molecule has 26 heavy (non-hydrogen) atoms. The number of hydrogen-bond acceptors (Lipinski definition) is 5. The van der Waals surface area contributed by atoms with Crippen molar-refractivity contribution < 1.29 is 22.6 Å². The number of aromatic nitrogens is 1. The minimum atomic E-state index is -4.39. The monoisotopic (exact) mass is 380 g/mol. The predicted octanol–water partition coefficient (Wildman–Crippen LogP) is 5.59. The normalized spacial score (nSPS) is 11.3. The lowest BCUT2D eigenvalue weighted by Gasteiger charge is -2.09. The van der Waals surface area contributed by atoms with E-state index in [9.17, 15) is 13.2 Å². The van der Waals surface area contributed by atoms with Crippen molar-refractivity contribution in [3.05, 3.63) is 53.4 Å². The first kappa shape index (κ1) is 18.1. The molecule has 3 rings (SSSR count). The summed E-state index contributed by atoms with van der Waals surface area (Å²) < 4.78 is 49.0. The number of thiazole rings is 1. The van der Waals surface area contributed by atoms with Crippen molar-refractivity contribution in [2.24, 2.45) is 0 Å². The number of anilines is 2. The summed E-state index contributed by atoms with van der Waals surface area (Å²) in [6.07, 6.45) is -4.39. The Kier molecular flexibility index (Phi) is 5.03. The van der Waals surface area contributed by atoms with Crippen LogP contribution in [0.15, 0.2) is 47.8 Å². The zero-order chi connectivity index (χ0) is 18.7. The molecule has 0 aliphatic rings. The van der Waals surface area contributed by atoms with E-state index in [1.54, 1.807) is 37.8 Å². The molecule has 0 spiro atoms. The van der Waals surface area contributed by atoms with Gasteiger partial charge in [-0.15, -0.1) is 11.3 Å². The number of nitrogens with zero attached hydrogens (tertiary/aromatic N) is 1. The molecule has 0 saturated carbocycles. The van der Waals surface area contributed by atoms with Crippen LogP contribution >= 0.6 is 11.3 Å². The van der Waals surface area contributed by atoms with Gasteiger partial charge in [-0.25, -0.2) is 4.98 Å². The lowest BCUT2D eigenvalue weighted by Crippen LogP contribution is -2.05. The van der Waals surface area contributed by atoms with Gasteiger partial charge in [0.1, 0.15) is 11.5 Å². The zero-order valence-electron chi connectivity index (χ0n) is 13.9. The fourth-order valence-electron chi connectivity index (χ4n) is 2.36. The fraction of sp³-hybridized carbons (Fsp3) is 0.167. The van der Waals surface area contributed by atoms with Crippen molar-refractivity contribution in [1.29, 1.82) is 0 Å². The highest BCUT2D eigenvalue weighted by Gasteiger charge is 2.30. The summed E-state index contributed by atoms with van der Waals surface area (Å²) in [5.74, 6) is 1.25. The first-order valence-electron chi connectivity index (χ1n) is 7.53. The van der Waals surface area contributed by atoms with Crippen LogP contribution in [0.4, 0.5) is 24.0 Å². The van der Waals surface area contributed by atoms with Gasteiger partial charge in [0, 0.05) is 22.7 Å². The first-order chi connectivity index (χ1) is 12.4. The number of hydrogen-bond donors (Lipinski definition) is 1. The molecule has 0 amide bonds. The van der Waals surface area contributed by atoms with E-state index in [0.717, 1.165) is 17.7 Å². The third kappa shape index (κ3) is 3.91. The van der Waals surface area contributed by atoms with Crippen LogP contribution in [0.25, 0.3) is 11.3 Å². The Hall–Kier alpha value is -2.74. The molecule has 0 unspecified atom stereocenters. The molecule has 8 heteroatoms. The van der Waals surface area contributed by atoms with Gasteiger partial charge >= 0.3 is 6.18 Å². The Labute approximate surface area is 152 Å². The molecule has 1 N–H and O–H groups in total. The van der Waals surface area contributed by atoms with Crippen molar-refractivity contribution in [2.75, 3.05) is 19.5 Å². The maximum absolute atomic E-state index is 12.8. The Morgan fingerprint density at radius 3 is 2.54 bits per heavy atom. The van der Waals surface area contributed by atoms with E-state index in [4.69, 9.17) is 9.47 Å². The van der Waals surface area contributed by atoms with Crippen molar-refractivity contribution in [2.45, 2.75) is 6.18 Å². The van der Waals surface area contributed by atoms with Crippen LogP contribution in [0.2, 0.25) is 0 Å². The SMILES string of the molecule is COc1ccc(-c2csc(Nc3cccc(C(F)(F)F)c3)n2)c(OC)c1.